The number of nitrogens with zero attached hydrogens (tertiary/aromatic N) is 1. The van der Waals surface area contributed by atoms with Gasteiger partial charge in [0.15, 0.2) is 11.7 Å². The Kier molecular flexibility index (Phi) is 2.95. The van der Waals surface area contributed by atoms with Crippen LogP contribution in [0.3, 0.4) is 0 Å². The zero-order valence-electron chi connectivity index (χ0n) is 10.2. The summed E-state index contributed by atoms with van der Waals surface area (Å²) in [5, 5.41) is 20.5. The van der Waals surface area contributed by atoms with Crippen LogP contribution in [-0.4, -0.2) is 52.0 Å². The molecule has 2 saturated heterocycles. The molecule has 1 aromatic heterocycles. The Morgan fingerprint density at radius 1 is 1.42 bits per heavy atom. The van der Waals surface area contributed by atoms with E-state index in [1.54, 1.807) is 4.57 Å². The molecule has 2 bridgehead atoms. The summed E-state index contributed by atoms with van der Waals surface area (Å²) in [6.45, 7) is 0.210. The maximum atomic E-state index is 11.1. The van der Waals surface area contributed by atoms with Gasteiger partial charge in [0.05, 0.1) is 6.61 Å². The highest BCUT2D eigenvalue weighted by Gasteiger charge is 2.58. The van der Waals surface area contributed by atoms with Gasteiger partial charge in [0.1, 0.15) is 23.9 Å². The van der Waals surface area contributed by atoms with Crippen molar-refractivity contribution in [1.29, 1.82) is 0 Å². The number of aliphatic hydroxyl groups is 2. The highest BCUT2D eigenvalue weighted by Crippen LogP contribution is 2.41. The second-order valence-electron chi connectivity index (χ2n) is 4.97. The Morgan fingerprint density at radius 2 is 2.11 bits per heavy atom. The summed E-state index contributed by atoms with van der Waals surface area (Å²) in [5.74, 6) is 0. The van der Waals surface area contributed by atoms with Crippen LogP contribution in [0.1, 0.15) is 6.04 Å². The first-order valence-corrected chi connectivity index (χ1v) is 6.11. The third kappa shape index (κ3) is 1.82. The smallest absolute Gasteiger partial charge is 0.181 e. The van der Waals surface area contributed by atoms with Crippen LogP contribution in [0.4, 0.5) is 0 Å². The van der Waals surface area contributed by atoms with Crippen LogP contribution >= 0.6 is 0 Å². The molecule has 0 aliphatic carbocycles. The monoisotopic (exact) mass is 268 g/mol. The van der Waals surface area contributed by atoms with E-state index < -0.39 is 30.1 Å². The van der Waals surface area contributed by atoms with E-state index >= 15 is 0 Å². The van der Waals surface area contributed by atoms with Crippen LogP contribution in [0.2, 0.25) is 0 Å². The molecule has 0 radical (unpaired) electrons. The number of ether oxygens (including phenoxy) is 2. The van der Waals surface area contributed by atoms with E-state index in [1.807, 2.05) is 0 Å². The molecule has 7 heteroatoms. The number of aromatic nitrogens is 1. The van der Waals surface area contributed by atoms with Crippen molar-refractivity contribution in [3.63, 3.8) is 0 Å². The maximum Gasteiger partial charge on any atom is 0.181 e. The molecule has 2 aliphatic rings. The van der Waals surface area contributed by atoms with Crippen molar-refractivity contribution in [3.8, 4) is 0 Å². The van der Waals surface area contributed by atoms with Crippen molar-refractivity contribution in [1.82, 2.24) is 4.57 Å². The number of fused-ring (bicyclic) bond motifs is 2. The number of hydrogen-bond acceptors (Lipinski definition) is 6. The second kappa shape index (κ2) is 4.39. The topological polar surface area (TPSA) is 107 Å². The Hall–Kier alpha value is -1.25. The Balaban J connectivity index is 1.96. The van der Waals surface area contributed by atoms with Crippen molar-refractivity contribution in [3.05, 3.63) is 34.7 Å². The normalized spacial score (nSPS) is 41.4. The molecule has 19 heavy (non-hydrogen) atoms. The number of rotatable bonds is 2. The molecular weight excluding hydrogens is 252 g/mol. The molecule has 5 atom stereocenters. The van der Waals surface area contributed by atoms with Gasteiger partial charge in [0, 0.05) is 31.1 Å². The molecule has 3 heterocycles. The van der Waals surface area contributed by atoms with Gasteiger partial charge in [-0.25, -0.2) is 0 Å². The van der Waals surface area contributed by atoms with Gasteiger partial charge in [0.2, 0.25) is 0 Å². The molecule has 1 unspecified atom stereocenters. The van der Waals surface area contributed by atoms with E-state index in [0.29, 0.717) is 0 Å². The summed E-state index contributed by atoms with van der Waals surface area (Å²) in [5.41, 5.74) is 4.43. The molecule has 1 aromatic rings. The molecule has 3 rings (SSSR count). The Labute approximate surface area is 109 Å². The highest BCUT2D eigenvalue weighted by atomic mass is 16.7. The van der Waals surface area contributed by atoms with Crippen LogP contribution in [0, 0.1) is 0 Å². The van der Waals surface area contributed by atoms with E-state index in [0.717, 1.165) is 0 Å². The van der Waals surface area contributed by atoms with Crippen LogP contribution < -0.4 is 11.2 Å². The van der Waals surface area contributed by atoms with Gasteiger partial charge in [-0.1, -0.05) is 0 Å². The lowest BCUT2D eigenvalue weighted by molar-refractivity contribution is -0.231. The maximum absolute atomic E-state index is 11.1. The fraction of sp³-hybridized carbons (Fsp3) is 0.583. The van der Waals surface area contributed by atoms with Gasteiger partial charge in [-0.2, -0.15) is 0 Å². The third-order valence-corrected chi connectivity index (χ3v) is 3.85. The van der Waals surface area contributed by atoms with Crippen LogP contribution in [0.15, 0.2) is 29.3 Å². The van der Waals surface area contributed by atoms with Gasteiger partial charge in [-0.15, -0.1) is 0 Å². The van der Waals surface area contributed by atoms with Crippen molar-refractivity contribution >= 4 is 0 Å². The minimum Gasteiger partial charge on any atom is -0.388 e. The third-order valence-electron chi connectivity index (χ3n) is 3.85. The van der Waals surface area contributed by atoms with E-state index in [1.165, 1.54) is 24.5 Å². The van der Waals surface area contributed by atoms with E-state index in [4.69, 9.17) is 15.2 Å². The standard InChI is InChI=1S/C12H16N2O5/c13-5-12-6-18-11(19-12)8(9(16)10(12)17)14-3-1-7(15)2-4-14/h1-4,8-11,16-17H,5-6,13H2/t8-,9-,10-,11?,12+/m1/s1. The van der Waals surface area contributed by atoms with Crippen molar-refractivity contribution in [2.24, 2.45) is 5.73 Å². The van der Waals surface area contributed by atoms with Crippen LogP contribution in [0.5, 0.6) is 0 Å². The van der Waals surface area contributed by atoms with Crippen molar-refractivity contribution in [2.45, 2.75) is 30.1 Å². The average molecular weight is 268 g/mol. The van der Waals surface area contributed by atoms with Crippen LogP contribution in [-0.2, 0) is 9.47 Å². The summed E-state index contributed by atoms with van der Waals surface area (Å²) in [6.07, 6.45) is 0.157. The molecule has 4 N–H and O–H groups in total. The largest absolute Gasteiger partial charge is 0.388 e. The number of nitrogens with two attached hydrogens (primary N) is 1. The quantitative estimate of drug-likeness (QED) is 0.584. The molecule has 7 nitrogen and oxygen atoms in total. The second-order valence-corrected chi connectivity index (χ2v) is 4.97. The number of aliphatic hydroxyl groups excluding tert-OH is 2. The predicted octanol–water partition coefficient (Wildman–Crippen LogP) is -1.80. The lowest BCUT2D eigenvalue weighted by Gasteiger charge is -2.42. The lowest BCUT2D eigenvalue weighted by atomic mass is 9.88. The molecule has 0 aromatic carbocycles. The van der Waals surface area contributed by atoms with Crippen molar-refractivity contribution in [2.75, 3.05) is 13.2 Å². The van der Waals surface area contributed by atoms with Gasteiger partial charge in [-0.05, 0) is 0 Å². The Bertz CT molecular complexity index is 513. The SMILES string of the molecule is NC[C@@]12COC(O1)[C@H](n1ccc(=O)cc1)[C@@H](O)[C@H]2O. The van der Waals surface area contributed by atoms with Gasteiger partial charge in [0.25, 0.3) is 0 Å². The first-order chi connectivity index (χ1) is 9.07. The zero-order chi connectivity index (χ0) is 13.6. The average Bonchev–Trinajstić information content (AvgIpc) is 2.81. The fourth-order valence-electron chi connectivity index (χ4n) is 2.67. The summed E-state index contributed by atoms with van der Waals surface area (Å²) in [7, 11) is 0. The molecule has 2 aliphatic heterocycles. The van der Waals surface area contributed by atoms with E-state index in [9.17, 15) is 15.0 Å². The zero-order valence-corrected chi connectivity index (χ0v) is 10.2. The molecule has 2 fully saturated rings. The fourth-order valence-corrected chi connectivity index (χ4v) is 2.67. The minimum atomic E-state index is -1.14. The van der Waals surface area contributed by atoms with Crippen molar-refractivity contribution < 1.29 is 19.7 Å². The predicted molar refractivity (Wildman–Crippen MR) is 64.4 cm³/mol. The Morgan fingerprint density at radius 3 is 2.74 bits per heavy atom. The molecule has 104 valence electrons. The molecule has 0 spiro atoms. The van der Waals surface area contributed by atoms with E-state index in [2.05, 4.69) is 0 Å². The van der Waals surface area contributed by atoms with Gasteiger partial charge < -0.3 is 30.0 Å². The van der Waals surface area contributed by atoms with Gasteiger partial charge in [-0.3, -0.25) is 4.79 Å². The molecular formula is C12H16N2O5. The first-order valence-electron chi connectivity index (χ1n) is 6.11. The van der Waals surface area contributed by atoms with E-state index in [-0.39, 0.29) is 18.6 Å². The number of hydrogen-bond donors (Lipinski definition) is 3. The highest BCUT2D eigenvalue weighted by molar-refractivity contribution is 5.08. The summed E-state index contributed by atoms with van der Waals surface area (Å²) in [6, 6.07) is 2.13. The molecule has 0 saturated carbocycles. The first kappa shape index (κ1) is 12.8. The minimum absolute atomic E-state index is 0.0681. The lowest BCUT2D eigenvalue weighted by Crippen LogP contribution is -2.62. The molecule has 0 amide bonds. The summed E-state index contributed by atoms with van der Waals surface area (Å²) in [4.78, 5) is 11.1. The summed E-state index contributed by atoms with van der Waals surface area (Å²) < 4.78 is 12.7. The summed E-state index contributed by atoms with van der Waals surface area (Å²) >= 11 is 0. The van der Waals surface area contributed by atoms with Gasteiger partial charge >= 0.3 is 0 Å². The van der Waals surface area contributed by atoms with Crippen LogP contribution in [0.25, 0.3) is 0 Å². The number of pyridine rings is 1.